The van der Waals surface area contributed by atoms with Crippen LogP contribution in [0.2, 0.25) is 5.04 Å². The van der Waals surface area contributed by atoms with E-state index in [0.717, 1.165) is 12.8 Å². The van der Waals surface area contributed by atoms with Crippen LogP contribution in [0.1, 0.15) is 46.5 Å². The van der Waals surface area contributed by atoms with E-state index >= 15 is 0 Å². The van der Waals surface area contributed by atoms with Crippen LogP contribution in [0.4, 0.5) is 4.39 Å². The second kappa shape index (κ2) is 10.5. The van der Waals surface area contributed by atoms with Crippen molar-refractivity contribution in [2.75, 3.05) is 6.61 Å². The average Bonchev–Trinajstić information content (AvgIpc) is 2.68. The molecule has 0 amide bonds. The molecule has 0 aromatic heterocycles. The fourth-order valence-electron chi connectivity index (χ4n) is 3.65. The molecule has 0 radical (unpaired) electrons. The van der Waals surface area contributed by atoms with Crippen molar-refractivity contribution in [3.05, 3.63) is 72.6 Å². The molecule has 0 N–H and O–H groups in total. The van der Waals surface area contributed by atoms with E-state index < -0.39 is 8.32 Å². The third kappa shape index (κ3) is 5.49. The highest BCUT2D eigenvalue weighted by Crippen LogP contribution is 2.36. The van der Waals surface area contributed by atoms with Gasteiger partial charge < -0.3 is 9.22 Å². The third-order valence-corrected chi connectivity index (χ3v) is 10.0. The van der Waals surface area contributed by atoms with Gasteiger partial charge in [0.15, 0.2) is 0 Å². The minimum absolute atomic E-state index is 0.0360. The molecule has 0 aliphatic carbocycles. The molecular weight excluding hydrogens is 367 g/mol. The number of allylic oxidation sites excluding steroid dienone is 2. The first-order chi connectivity index (χ1) is 13.4. The molecule has 0 aliphatic heterocycles. The highest BCUT2D eigenvalue weighted by molar-refractivity contribution is 6.99. The first-order valence-electron chi connectivity index (χ1n) is 9.95. The Hall–Kier alpha value is -2.04. The molecule has 2 aromatic rings. The molecule has 0 unspecified atom stereocenters. The van der Waals surface area contributed by atoms with Gasteiger partial charge in [-0.15, -0.1) is 0 Å². The van der Waals surface area contributed by atoms with E-state index in [4.69, 9.17) is 4.43 Å². The van der Waals surface area contributed by atoms with Gasteiger partial charge in [-0.3, -0.25) is 0 Å². The summed E-state index contributed by atoms with van der Waals surface area (Å²) in [5.41, 5.74) is 0. The summed E-state index contributed by atoms with van der Waals surface area (Å²) in [6, 6.07) is 21.1. The average molecular weight is 399 g/mol. The van der Waals surface area contributed by atoms with E-state index in [2.05, 4.69) is 69.3 Å². The number of benzene rings is 2. The molecule has 0 atom stereocenters. The zero-order valence-corrected chi connectivity index (χ0v) is 18.2. The summed E-state index contributed by atoms with van der Waals surface area (Å²) >= 11 is 0. The second-order valence-corrected chi connectivity index (χ2v) is 12.3. The molecule has 4 heteroatoms. The van der Waals surface area contributed by atoms with Crippen LogP contribution in [-0.4, -0.2) is 21.2 Å². The van der Waals surface area contributed by atoms with Crippen LogP contribution in [0.15, 0.2) is 72.6 Å². The van der Waals surface area contributed by atoms with E-state index in [1.165, 1.54) is 16.4 Å². The number of rotatable bonds is 10. The lowest BCUT2D eigenvalue weighted by Gasteiger charge is -2.43. The van der Waals surface area contributed by atoms with Crippen LogP contribution >= 0.6 is 0 Å². The Kier molecular flexibility index (Phi) is 8.33. The van der Waals surface area contributed by atoms with Gasteiger partial charge >= 0.3 is 0 Å². The Bertz CT molecular complexity index is 712. The van der Waals surface area contributed by atoms with Gasteiger partial charge in [-0.25, -0.2) is 4.39 Å². The molecule has 2 nitrogen and oxygen atoms in total. The SMILES string of the molecule is CC(C)(C)[Si](OCCCC/C=C(/F)CC=O)(c1ccccc1)c1ccccc1. The zero-order valence-electron chi connectivity index (χ0n) is 17.2. The van der Waals surface area contributed by atoms with Crippen LogP contribution in [0, 0.1) is 0 Å². The van der Waals surface area contributed by atoms with Gasteiger partial charge in [0.2, 0.25) is 0 Å². The standard InChI is InChI=1S/C24H31FO2Si/c1-24(2,3)28(22-14-8-4-9-15-22,23-16-10-5-11-17-23)27-20-12-6-7-13-21(25)18-19-26/h4-5,8-11,13-17,19H,6-7,12,18,20H2,1-3H3/b21-13+. The summed E-state index contributed by atoms with van der Waals surface area (Å²) in [4.78, 5) is 10.3. The molecule has 0 spiro atoms. The fraction of sp³-hybridized carbons (Fsp3) is 0.375. The van der Waals surface area contributed by atoms with Gasteiger partial charge in [0.05, 0.1) is 6.42 Å². The van der Waals surface area contributed by atoms with Crippen molar-refractivity contribution >= 4 is 25.0 Å². The summed E-state index contributed by atoms with van der Waals surface area (Å²) in [7, 11) is -2.48. The van der Waals surface area contributed by atoms with E-state index in [1.807, 2.05) is 12.1 Å². The number of hydrogen-bond donors (Lipinski definition) is 0. The lowest BCUT2D eigenvalue weighted by molar-refractivity contribution is -0.107. The first kappa shape index (κ1) is 22.2. The molecule has 28 heavy (non-hydrogen) atoms. The number of halogens is 1. The van der Waals surface area contributed by atoms with Crippen LogP contribution in [0.3, 0.4) is 0 Å². The van der Waals surface area contributed by atoms with Crippen molar-refractivity contribution in [2.24, 2.45) is 0 Å². The van der Waals surface area contributed by atoms with E-state index in [0.29, 0.717) is 19.3 Å². The highest BCUT2D eigenvalue weighted by Gasteiger charge is 2.49. The summed E-state index contributed by atoms with van der Waals surface area (Å²) in [5.74, 6) is -0.345. The topological polar surface area (TPSA) is 26.3 Å². The monoisotopic (exact) mass is 398 g/mol. The maximum absolute atomic E-state index is 13.3. The summed E-state index contributed by atoms with van der Waals surface area (Å²) in [6.45, 7) is 7.42. The maximum Gasteiger partial charge on any atom is 0.261 e. The van der Waals surface area contributed by atoms with E-state index in [9.17, 15) is 9.18 Å². The minimum Gasteiger partial charge on any atom is -0.407 e. The lowest BCUT2D eigenvalue weighted by atomic mass is 10.2. The lowest BCUT2D eigenvalue weighted by Crippen LogP contribution is -2.66. The first-order valence-corrected chi connectivity index (χ1v) is 11.9. The Morgan fingerprint density at radius 3 is 1.96 bits per heavy atom. The van der Waals surface area contributed by atoms with Crippen LogP contribution in [0.25, 0.3) is 0 Å². The van der Waals surface area contributed by atoms with Crippen molar-refractivity contribution < 1.29 is 13.6 Å². The molecule has 0 saturated heterocycles. The van der Waals surface area contributed by atoms with Gasteiger partial charge in [-0.2, -0.15) is 0 Å². The highest BCUT2D eigenvalue weighted by atomic mass is 28.4. The summed E-state index contributed by atoms with van der Waals surface area (Å²) in [6.07, 6.45) is 4.30. The van der Waals surface area contributed by atoms with Gasteiger partial charge in [0.25, 0.3) is 8.32 Å². The second-order valence-electron chi connectivity index (χ2n) is 8.03. The maximum atomic E-state index is 13.3. The number of carbonyl (C=O) groups is 1. The van der Waals surface area contributed by atoms with Crippen molar-refractivity contribution in [3.8, 4) is 0 Å². The number of aldehydes is 1. The smallest absolute Gasteiger partial charge is 0.261 e. The Balaban J connectivity index is 2.20. The fourth-order valence-corrected chi connectivity index (χ4v) is 8.26. The number of unbranched alkanes of at least 4 members (excludes halogenated alkanes) is 2. The van der Waals surface area contributed by atoms with Gasteiger partial charge in [0, 0.05) is 6.61 Å². The molecule has 0 aliphatic rings. The molecular formula is C24H31FO2Si. The summed E-state index contributed by atoms with van der Waals surface area (Å²) < 4.78 is 20.1. The van der Waals surface area contributed by atoms with Gasteiger partial charge in [-0.05, 0) is 34.7 Å². The predicted octanol–water partition coefficient (Wildman–Crippen LogP) is 5.18. The van der Waals surface area contributed by atoms with E-state index in [-0.39, 0.29) is 17.3 Å². The Morgan fingerprint density at radius 2 is 1.50 bits per heavy atom. The molecule has 2 aromatic carbocycles. The number of hydrogen-bond acceptors (Lipinski definition) is 2. The minimum atomic E-state index is -2.48. The van der Waals surface area contributed by atoms with Crippen LogP contribution in [0.5, 0.6) is 0 Å². The largest absolute Gasteiger partial charge is 0.407 e. The summed E-state index contributed by atoms with van der Waals surface area (Å²) in [5, 5.41) is 2.50. The molecule has 0 saturated carbocycles. The van der Waals surface area contributed by atoms with Crippen LogP contribution < -0.4 is 10.4 Å². The molecule has 0 bridgehead atoms. The zero-order chi connectivity index (χ0) is 20.5. The predicted molar refractivity (Wildman–Crippen MR) is 117 cm³/mol. The van der Waals surface area contributed by atoms with Crippen molar-refractivity contribution in [3.63, 3.8) is 0 Å². The molecule has 0 fully saturated rings. The Morgan fingerprint density at radius 1 is 0.964 bits per heavy atom. The normalized spacial score (nSPS) is 12.8. The molecule has 0 heterocycles. The van der Waals surface area contributed by atoms with Crippen LogP contribution in [-0.2, 0) is 9.22 Å². The van der Waals surface area contributed by atoms with Gasteiger partial charge in [-0.1, -0.05) is 87.5 Å². The van der Waals surface area contributed by atoms with Crippen molar-refractivity contribution in [1.82, 2.24) is 0 Å². The third-order valence-electron chi connectivity index (χ3n) is 4.98. The Labute approximate surface area is 169 Å². The number of carbonyl (C=O) groups excluding carboxylic acids is 1. The van der Waals surface area contributed by atoms with Crippen molar-refractivity contribution in [1.29, 1.82) is 0 Å². The van der Waals surface area contributed by atoms with Gasteiger partial charge in [0.1, 0.15) is 12.1 Å². The molecule has 150 valence electrons. The van der Waals surface area contributed by atoms with E-state index in [1.54, 1.807) is 0 Å². The molecule has 2 rings (SSSR count). The van der Waals surface area contributed by atoms with Crippen molar-refractivity contribution in [2.45, 2.75) is 51.5 Å². The quantitative estimate of drug-likeness (QED) is 0.313.